The van der Waals surface area contributed by atoms with Crippen LogP contribution in [0.5, 0.6) is 5.75 Å². The van der Waals surface area contributed by atoms with E-state index in [0.29, 0.717) is 5.75 Å². The Kier molecular flexibility index (Phi) is 3.10. The number of benzene rings is 2. The second-order valence-corrected chi connectivity index (χ2v) is 3.54. The Morgan fingerprint density at radius 3 is 2.35 bits per heavy atom. The van der Waals surface area contributed by atoms with E-state index in [1.807, 2.05) is 36.4 Å². The average molecular weight is 227 g/mol. The zero-order chi connectivity index (χ0) is 12.3. The van der Waals surface area contributed by atoms with Gasteiger partial charge in [-0.2, -0.15) is 0 Å². The van der Waals surface area contributed by atoms with Crippen molar-refractivity contribution in [2.24, 2.45) is 0 Å². The van der Waals surface area contributed by atoms with E-state index >= 15 is 0 Å². The molecule has 0 saturated carbocycles. The second-order valence-electron chi connectivity index (χ2n) is 3.54. The number of carbonyl (C=O) groups is 1. The van der Waals surface area contributed by atoms with E-state index in [4.69, 9.17) is 4.74 Å². The molecule has 0 spiro atoms. The number of methoxy groups -OCH3 is 1. The molecule has 0 bridgehead atoms. The van der Waals surface area contributed by atoms with Crippen LogP contribution in [0, 0.1) is 0 Å². The van der Waals surface area contributed by atoms with Gasteiger partial charge in [0.2, 0.25) is 0 Å². The summed E-state index contributed by atoms with van der Waals surface area (Å²) in [7, 11) is 1.45. The molecule has 0 aliphatic heterocycles. The van der Waals surface area contributed by atoms with Gasteiger partial charge >= 0.3 is 0 Å². The van der Waals surface area contributed by atoms with Crippen LogP contribution in [0.25, 0.3) is 11.1 Å². The molecule has 3 nitrogen and oxygen atoms in total. The lowest BCUT2D eigenvalue weighted by atomic mass is 10.0. The van der Waals surface area contributed by atoms with E-state index in [-0.39, 0.29) is 5.56 Å². The zero-order valence-electron chi connectivity index (χ0n) is 9.34. The van der Waals surface area contributed by atoms with Gasteiger partial charge in [-0.15, -0.1) is 0 Å². The molecule has 2 aromatic rings. The van der Waals surface area contributed by atoms with Crippen LogP contribution in [0.4, 0.5) is 0 Å². The van der Waals surface area contributed by atoms with Gasteiger partial charge in [-0.3, -0.25) is 0 Å². The van der Waals surface area contributed by atoms with E-state index in [1.165, 1.54) is 13.2 Å². The summed E-state index contributed by atoms with van der Waals surface area (Å²) < 4.78 is 5.17. The molecule has 2 aromatic carbocycles. The van der Waals surface area contributed by atoms with Gasteiger partial charge in [-0.1, -0.05) is 42.5 Å². The number of carbonyl (C=O) groups excluding carboxylic acids is 1. The van der Waals surface area contributed by atoms with Gasteiger partial charge in [0.05, 0.1) is 13.1 Å². The van der Waals surface area contributed by atoms with Gasteiger partial charge in [0.1, 0.15) is 5.75 Å². The SMILES string of the molecule is COc1c(C(=O)[O-])cccc1-c1ccccc1. The molecule has 0 N–H and O–H groups in total. The van der Waals surface area contributed by atoms with Crippen molar-refractivity contribution in [3.8, 4) is 16.9 Å². The monoisotopic (exact) mass is 227 g/mol. The van der Waals surface area contributed by atoms with Crippen LogP contribution in [-0.2, 0) is 0 Å². The normalized spacial score (nSPS) is 9.94. The van der Waals surface area contributed by atoms with Crippen molar-refractivity contribution in [2.45, 2.75) is 0 Å². The fourth-order valence-electron chi connectivity index (χ4n) is 1.76. The highest BCUT2D eigenvalue weighted by molar-refractivity contribution is 5.93. The molecule has 0 unspecified atom stereocenters. The molecular weight excluding hydrogens is 216 g/mol. The first kappa shape index (κ1) is 11.2. The molecule has 0 aliphatic carbocycles. The highest BCUT2D eigenvalue weighted by atomic mass is 16.5. The van der Waals surface area contributed by atoms with Crippen LogP contribution in [0.15, 0.2) is 48.5 Å². The second kappa shape index (κ2) is 4.70. The molecule has 0 atom stereocenters. The molecule has 0 heterocycles. The lowest BCUT2D eigenvalue weighted by Gasteiger charge is -2.14. The highest BCUT2D eigenvalue weighted by Gasteiger charge is 2.10. The third kappa shape index (κ3) is 2.13. The number of hydrogen-bond acceptors (Lipinski definition) is 3. The predicted molar refractivity (Wildman–Crippen MR) is 62.8 cm³/mol. The van der Waals surface area contributed by atoms with Crippen LogP contribution in [0.2, 0.25) is 0 Å². The fraction of sp³-hybridized carbons (Fsp3) is 0.0714. The Bertz CT molecular complexity index is 532. The number of hydrogen-bond donors (Lipinski definition) is 0. The first-order valence-corrected chi connectivity index (χ1v) is 5.18. The molecular formula is C14H11O3-. The van der Waals surface area contributed by atoms with Gasteiger partial charge in [-0.05, 0) is 11.6 Å². The molecule has 0 aliphatic rings. The number of aromatic carboxylic acids is 1. The summed E-state index contributed by atoms with van der Waals surface area (Å²) in [4.78, 5) is 11.0. The Hall–Kier alpha value is -2.29. The largest absolute Gasteiger partial charge is 0.545 e. The van der Waals surface area contributed by atoms with Crippen LogP contribution in [-0.4, -0.2) is 13.1 Å². The van der Waals surface area contributed by atoms with Crippen LogP contribution >= 0.6 is 0 Å². The minimum absolute atomic E-state index is 0.0638. The van der Waals surface area contributed by atoms with Crippen molar-refractivity contribution in [3.05, 3.63) is 54.1 Å². The quantitative estimate of drug-likeness (QED) is 0.802. The smallest absolute Gasteiger partial charge is 0.135 e. The average Bonchev–Trinajstić information content (AvgIpc) is 2.38. The predicted octanol–water partition coefficient (Wildman–Crippen LogP) is 1.73. The van der Waals surface area contributed by atoms with Crippen molar-refractivity contribution < 1.29 is 14.6 Å². The molecule has 86 valence electrons. The maximum Gasteiger partial charge on any atom is 0.135 e. The Balaban J connectivity index is 2.63. The Labute approximate surface area is 99.3 Å². The molecule has 0 saturated heterocycles. The van der Waals surface area contributed by atoms with Crippen molar-refractivity contribution in [1.82, 2.24) is 0 Å². The van der Waals surface area contributed by atoms with E-state index in [9.17, 15) is 9.90 Å². The first-order valence-electron chi connectivity index (χ1n) is 5.18. The summed E-state index contributed by atoms with van der Waals surface area (Å²) in [5.41, 5.74) is 1.72. The first-order chi connectivity index (χ1) is 8.24. The number of carboxylic acids is 1. The number of ether oxygens (including phenoxy) is 1. The minimum atomic E-state index is -1.24. The lowest BCUT2D eigenvalue weighted by molar-refractivity contribution is -0.255. The van der Waals surface area contributed by atoms with Crippen molar-refractivity contribution in [3.63, 3.8) is 0 Å². The van der Waals surface area contributed by atoms with E-state index in [0.717, 1.165) is 11.1 Å². The molecule has 0 fully saturated rings. The van der Waals surface area contributed by atoms with Crippen molar-refractivity contribution in [2.75, 3.05) is 7.11 Å². The molecule has 0 radical (unpaired) electrons. The van der Waals surface area contributed by atoms with Gasteiger partial charge in [0.25, 0.3) is 0 Å². The number of para-hydroxylation sites is 1. The van der Waals surface area contributed by atoms with Crippen molar-refractivity contribution in [1.29, 1.82) is 0 Å². The number of carboxylic acid groups (broad SMARTS) is 1. The van der Waals surface area contributed by atoms with Crippen LogP contribution in [0.3, 0.4) is 0 Å². The summed E-state index contributed by atoms with van der Waals surface area (Å²) in [6.07, 6.45) is 0. The van der Waals surface area contributed by atoms with Crippen LogP contribution < -0.4 is 9.84 Å². The zero-order valence-corrected chi connectivity index (χ0v) is 9.34. The van der Waals surface area contributed by atoms with Crippen LogP contribution in [0.1, 0.15) is 10.4 Å². The van der Waals surface area contributed by atoms with E-state index in [1.54, 1.807) is 6.07 Å². The summed E-state index contributed by atoms with van der Waals surface area (Å²) >= 11 is 0. The van der Waals surface area contributed by atoms with Gasteiger partial charge < -0.3 is 14.6 Å². The summed E-state index contributed by atoms with van der Waals surface area (Å²) in [5.74, 6) is -0.904. The number of rotatable bonds is 3. The van der Waals surface area contributed by atoms with Gasteiger partial charge in [0.15, 0.2) is 0 Å². The Morgan fingerprint density at radius 2 is 1.76 bits per heavy atom. The standard InChI is InChI=1S/C14H12O3/c1-17-13-11(10-6-3-2-4-7-10)8-5-9-12(13)14(15)16/h2-9H,1H3,(H,15,16)/p-1. The molecule has 0 aromatic heterocycles. The summed E-state index contributed by atoms with van der Waals surface area (Å²) in [6, 6.07) is 14.4. The van der Waals surface area contributed by atoms with Gasteiger partial charge in [0, 0.05) is 11.1 Å². The van der Waals surface area contributed by atoms with E-state index in [2.05, 4.69) is 0 Å². The molecule has 17 heavy (non-hydrogen) atoms. The van der Waals surface area contributed by atoms with Gasteiger partial charge in [-0.25, -0.2) is 0 Å². The maximum atomic E-state index is 11.0. The summed E-state index contributed by atoms with van der Waals surface area (Å²) in [5, 5.41) is 11.0. The topological polar surface area (TPSA) is 49.4 Å². The van der Waals surface area contributed by atoms with E-state index < -0.39 is 5.97 Å². The maximum absolute atomic E-state index is 11.0. The Morgan fingerprint density at radius 1 is 1.06 bits per heavy atom. The highest BCUT2D eigenvalue weighted by Crippen LogP contribution is 2.32. The fourth-order valence-corrected chi connectivity index (χ4v) is 1.76. The molecule has 0 amide bonds. The lowest BCUT2D eigenvalue weighted by Crippen LogP contribution is -2.23. The third-order valence-corrected chi connectivity index (χ3v) is 2.52. The van der Waals surface area contributed by atoms with Crippen molar-refractivity contribution >= 4 is 5.97 Å². The molecule has 3 heteroatoms. The third-order valence-electron chi connectivity index (χ3n) is 2.52. The summed E-state index contributed by atoms with van der Waals surface area (Å²) in [6.45, 7) is 0. The minimum Gasteiger partial charge on any atom is -0.545 e. The molecule has 2 rings (SSSR count).